The third kappa shape index (κ3) is 49.9. The van der Waals surface area contributed by atoms with Crippen molar-refractivity contribution in [2.24, 2.45) is 0 Å². The summed E-state index contributed by atoms with van der Waals surface area (Å²) < 4.78 is 27.0. The number of amides is 1. The van der Waals surface area contributed by atoms with Gasteiger partial charge in [0.2, 0.25) is 5.91 Å². The van der Waals surface area contributed by atoms with Crippen LogP contribution in [0, 0.1) is 0 Å². The van der Waals surface area contributed by atoms with Crippen LogP contribution in [0.2, 0.25) is 0 Å². The average molecular weight is 888 g/mol. The van der Waals surface area contributed by atoms with Gasteiger partial charge in [0.25, 0.3) is 0 Å². The molecule has 0 aliphatic heterocycles. The summed E-state index contributed by atoms with van der Waals surface area (Å²) in [4.78, 5) is 34.1. The van der Waals surface area contributed by atoms with Crippen molar-refractivity contribution in [3.63, 3.8) is 0 Å². The maximum absolute atomic E-state index is 12.1. The van der Waals surface area contributed by atoms with E-state index in [0.717, 1.165) is 38.5 Å². The van der Waals surface area contributed by atoms with Crippen LogP contribution in [0.3, 0.4) is 0 Å². The van der Waals surface area contributed by atoms with Crippen molar-refractivity contribution >= 4 is 19.7 Å². The number of rotatable bonds is 51. The van der Waals surface area contributed by atoms with E-state index in [-0.39, 0.29) is 25.7 Å². The number of aliphatic hydroxyl groups is 1. The summed E-state index contributed by atoms with van der Waals surface area (Å²) >= 11 is 0. The molecule has 3 N–H and O–H groups in total. The SMILES string of the molecule is CCCCCCCCCCCCCCCCCCCCCCCCCCC(=O)NCCOP(=O)(O)OCC(O)COC(=O)CCCCCCCCCCCCCCCCCC. The Hall–Kier alpha value is -0.990. The van der Waals surface area contributed by atoms with Crippen LogP contribution in [0.15, 0.2) is 0 Å². The van der Waals surface area contributed by atoms with E-state index in [1.165, 1.54) is 218 Å². The van der Waals surface area contributed by atoms with Crippen molar-refractivity contribution in [1.29, 1.82) is 0 Å². The predicted molar refractivity (Wildman–Crippen MR) is 257 cm³/mol. The summed E-state index contributed by atoms with van der Waals surface area (Å²) in [5.74, 6) is -0.498. The van der Waals surface area contributed by atoms with Crippen LogP contribution in [-0.2, 0) is 27.9 Å². The van der Waals surface area contributed by atoms with E-state index in [2.05, 4.69) is 19.2 Å². The summed E-state index contributed by atoms with van der Waals surface area (Å²) in [6, 6.07) is 0. The lowest BCUT2D eigenvalue weighted by molar-refractivity contribution is -0.147. The second-order valence-corrected chi connectivity index (χ2v) is 19.7. The number of hydrogen-bond acceptors (Lipinski definition) is 7. The molecule has 0 aliphatic carbocycles. The van der Waals surface area contributed by atoms with Gasteiger partial charge >= 0.3 is 13.8 Å². The lowest BCUT2D eigenvalue weighted by Crippen LogP contribution is -2.27. The Bertz CT molecular complexity index is 969. The van der Waals surface area contributed by atoms with Gasteiger partial charge in [-0.2, -0.15) is 0 Å². The molecular formula is C51H102NO8P. The number of phosphoric acid groups is 1. The normalized spacial score (nSPS) is 13.0. The molecule has 0 aromatic heterocycles. The zero-order chi connectivity index (χ0) is 44.6. The smallest absolute Gasteiger partial charge is 0.463 e. The van der Waals surface area contributed by atoms with Crippen LogP contribution in [0.5, 0.6) is 0 Å². The summed E-state index contributed by atoms with van der Waals surface area (Å²) in [6.45, 7) is 3.63. The number of unbranched alkanes of at least 4 members (excludes halogenated alkanes) is 38. The van der Waals surface area contributed by atoms with Crippen LogP contribution in [0.25, 0.3) is 0 Å². The molecule has 10 heteroatoms. The highest BCUT2D eigenvalue weighted by atomic mass is 31.2. The molecule has 364 valence electrons. The lowest BCUT2D eigenvalue weighted by Gasteiger charge is -2.15. The van der Waals surface area contributed by atoms with Gasteiger partial charge in [-0.25, -0.2) is 4.57 Å². The Balaban J connectivity index is 3.48. The van der Waals surface area contributed by atoms with Crippen molar-refractivity contribution in [3.8, 4) is 0 Å². The summed E-state index contributed by atoms with van der Waals surface area (Å²) in [5.41, 5.74) is 0. The molecule has 0 saturated heterocycles. The minimum atomic E-state index is -4.41. The number of phosphoric ester groups is 1. The highest BCUT2D eigenvalue weighted by molar-refractivity contribution is 7.47. The molecule has 0 aliphatic rings. The Morgan fingerprint density at radius 2 is 0.738 bits per heavy atom. The van der Waals surface area contributed by atoms with Gasteiger partial charge in [-0.3, -0.25) is 18.6 Å². The molecule has 0 heterocycles. The van der Waals surface area contributed by atoms with E-state index in [1.54, 1.807) is 0 Å². The molecule has 9 nitrogen and oxygen atoms in total. The van der Waals surface area contributed by atoms with Gasteiger partial charge in [0, 0.05) is 19.4 Å². The van der Waals surface area contributed by atoms with Crippen molar-refractivity contribution in [1.82, 2.24) is 5.32 Å². The van der Waals surface area contributed by atoms with E-state index in [4.69, 9.17) is 13.8 Å². The maximum Gasteiger partial charge on any atom is 0.472 e. The first-order chi connectivity index (χ1) is 29.8. The Morgan fingerprint density at radius 1 is 0.443 bits per heavy atom. The molecule has 0 bridgehead atoms. The fraction of sp³-hybridized carbons (Fsp3) is 0.961. The van der Waals surface area contributed by atoms with Crippen molar-refractivity contribution < 1.29 is 37.9 Å². The number of aliphatic hydroxyl groups excluding tert-OH is 1. The first-order valence-electron chi connectivity index (χ1n) is 26.5. The van der Waals surface area contributed by atoms with Gasteiger partial charge in [-0.05, 0) is 12.8 Å². The minimum Gasteiger partial charge on any atom is -0.463 e. The average Bonchev–Trinajstić information content (AvgIpc) is 3.25. The topological polar surface area (TPSA) is 131 Å². The van der Waals surface area contributed by atoms with E-state index < -0.39 is 26.5 Å². The quantitative estimate of drug-likeness (QED) is 0.0313. The Morgan fingerprint density at radius 3 is 1.07 bits per heavy atom. The molecular weight excluding hydrogens is 786 g/mol. The second-order valence-electron chi connectivity index (χ2n) is 18.2. The first kappa shape index (κ1) is 60.0. The molecule has 1 amide bonds. The van der Waals surface area contributed by atoms with Gasteiger partial charge in [0.15, 0.2) is 0 Å². The summed E-state index contributed by atoms with van der Waals surface area (Å²) in [5, 5.41) is 12.8. The molecule has 0 fully saturated rings. The largest absolute Gasteiger partial charge is 0.472 e. The third-order valence-electron chi connectivity index (χ3n) is 12.0. The van der Waals surface area contributed by atoms with E-state index in [9.17, 15) is 24.2 Å². The van der Waals surface area contributed by atoms with Gasteiger partial charge in [0.1, 0.15) is 12.7 Å². The van der Waals surface area contributed by atoms with Crippen molar-refractivity contribution in [2.45, 2.75) is 290 Å². The molecule has 2 unspecified atom stereocenters. The Labute approximate surface area is 377 Å². The minimum absolute atomic E-state index is 0.0890. The van der Waals surface area contributed by atoms with Gasteiger partial charge in [-0.15, -0.1) is 0 Å². The monoisotopic (exact) mass is 888 g/mol. The van der Waals surface area contributed by atoms with E-state index >= 15 is 0 Å². The molecule has 0 spiro atoms. The second kappa shape index (κ2) is 48.5. The molecule has 0 aromatic rings. The van der Waals surface area contributed by atoms with Gasteiger partial charge in [-0.1, -0.05) is 258 Å². The summed E-state index contributed by atoms with van der Waals surface area (Å²) in [7, 11) is -4.41. The molecule has 0 saturated carbocycles. The van der Waals surface area contributed by atoms with Crippen LogP contribution in [0.1, 0.15) is 284 Å². The van der Waals surface area contributed by atoms with Gasteiger partial charge < -0.3 is 20.1 Å². The van der Waals surface area contributed by atoms with Crippen LogP contribution < -0.4 is 5.32 Å². The number of hydrogen-bond donors (Lipinski definition) is 3. The van der Waals surface area contributed by atoms with Gasteiger partial charge in [0.05, 0.1) is 13.2 Å². The fourth-order valence-electron chi connectivity index (χ4n) is 8.03. The fourth-order valence-corrected chi connectivity index (χ4v) is 8.79. The number of nitrogens with one attached hydrogen (secondary N) is 1. The van der Waals surface area contributed by atoms with Crippen molar-refractivity contribution in [2.75, 3.05) is 26.4 Å². The zero-order valence-corrected chi connectivity index (χ0v) is 41.3. The number of esters is 1. The standard InChI is InChI=1S/C51H102NO8P/c1-3-5-7-9-11-13-15-17-19-21-22-23-24-25-26-27-28-29-31-33-35-37-39-41-43-50(54)52-45-46-59-61(56,57)60-48-49(53)47-58-51(55)44-42-40-38-36-34-32-30-20-18-16-14-12-10-8-6-4-2/h49,53H,3-48H2,1-2H3,(H,52,54)(H,56,57). The molecule has 0 radical (unpaired) electrons. The molecule has 2 atom stereocenters. The number of carbonyl (C=O) groups excluding carboxylic acids is 2. The summed E-state index contributed by atoms with van der Waals surface area (Å²) in [6.07, 6.45) is 51.9. The molecule has 61 heavy (non-hydrogen) atoms. The third-order valence-corrected chi connectivity index (χ3v) is 13.0. The highest BCUT2D eigenvalue weighted by Crippen LogP contribution is 2.42. The highest BCUT2D eigenvalue weighted by Gasteiger charge is 2.23. The zero-order valence-electron chi connectivity index (χ0n) is 40.4. The van der Waals surface area contributed by atoms with Crippen LogP contribution in [0.4, 0.5) is 0 Å². The molecule has 0 aromatic carbocycles. The molecule has 0 rings (SSSR count). The van der Waals surface area contributed by atoms with E-state index in [0.29, 0.717) is 12.8 Å². The van der Waals surface area contributed by atoms with Crippen LogP contribution in [-0.4, -0.2) is 54.3 Å². The van der Waals surface area contributed by atoms with Crippen LogP contribution >= 0.6 is 7.82 Å². The number of carbonyl (C=O) groups is 2. The Kier molecular flexibility index (Phi) is 47.7. The van der Waals surface area contributed by atoms with E-state index in [1.807, 2.05) is 0 Å². The van der Waals surface area contributed by atoms with Crippen molar-refractivity contribution in [3.05, 3.63) is 0 Å². The first-order valence-corrected chi connectivity index (χ1v) is 28.0. The lowest BCUT2D eigenvalue weighted by atomic mass is 10.0. The predicted octanol–water partition coefficient (Wildman–Crippen LogP) is 15.6. The maximum atomic E-state index is 12.1. The number of ether oxygens (including phenoxy) is 1.